The molecule has 14 heavy (non-hydrogen) atoms. The summed E-state index contributed by atoms with van der Waals surface area (Å²) in [6.07, 6.45) is 1.10. The van der Waals surface area contributed by atoms with Crippen molar-refractivity contribution >= 4 is 5.78 Å². The van der Waals surface area contributed by atoms with Crippen molar-refractivity contribution in [2.24, 2.45) is 0 Å². The Hall–Kier alpha value is -1.62. The molecule has 1 atom stereocenters. The second-order valence-corrected chi connectivity index (χ2v) is 3.33. The lowest BCUT2D eigenvalue weighted by molar-refractivity contribution is -0.117. The van der Waals surface area contributed by atoms with Crippen LogP contribution in [-0.4, -0.2) is 5.78 Å². The number of hydrogen-bond acceptors (Lipinski definition) is 2. The van der Waals surface area contributed by atoms with E-state index < -0.39 is 0 Å². The lowest BCUT2D eigenvalue weighted by Crippen LogP contribution is -1.99. The Balaban J connectivity index is 2.65. The predicted octanol–water partition coefficient (Wildman–Crippen LogP) is 2.66. The average molecular weight is 187 g/mol. The van der Waals surface area contributed by atoms with Gasteiger partial charge in [0, 0.05) is 6.42 Å². The summed E-state index contributed by atoms with van der Waals surface area (Å²) in [5.41, 5.74) is 0.997. The SMILES string of the molecule is CC(=O)CCC(C#N)c1ccccc1. The van der Waals surface area contributed by atoms with Crippen molar-refractivity contribution in [3.8, 4) is 6.07 Å². The van der Waals surface area contributed by atoms with Gasteiger partial charge in [-0.1, -0.05) is 30.3 Å². The van der Waals surface area contributed by atoms with Crippen LogP contribution in [0, 0.1) is 11.3 Å². The van der Waals surface area contributed by atoms with Crippen LogP contribution in [0.15, 0.2) is 30.3 Å². The molecule has 1 rings (SSSR count). The molecule has 2 heteroatoms. The summed E-state index contributed by atoms with van der Waals surface area (Å²) < 4.78 is 0. The number of Topliss-reactive ketones (excluding diaryl/α,β-unsaturated/α-hetero) is 1. The summed E-state index contributed by atoms with van der Waals surface area (Å²) in [5, 5.41) is 8.93. The smallest absolute Gasteiger partial charge is 0.129 e. The zero-order chi connectivity index (χ0) is 10.4. The fourth-order valence-electron chi connectivity index (χ4n) is 1.34. The van der Waals surface area contributed by atoms with Crippen molar-refractivity contribution in [3.05, 3.63) is 35.9 Å². The van der Waals surface area contributed by atoms with Gasteiger partial charge in [-0.15, -0.1) is 0 Å². The normalized spacial score (nSPS) is 11.7. The third kappa shape index (κ3) is 3.02. The minimum Gasteiger partial charge on any atom is -0.300 e. The van der Waals surface area contributed by atoms with Gasteiger partial charge in [-0.05, 0) is 18.9 Å². The fraction of sp³-hybridized carbons (Fsp3) is 0.333. The summed E-state index contributed by atoms with van der Waals surface area (Å²) >= 11 is 0. The van der Waals surface area contributed by atoms with E-state index >= 15 is 0 Å². The van der Waals surface area contributed by atoms with Gasteiger partial charge in [0.2, 0.25) is 0 Å². The molecule has 2 nitrogen and oxygen atoms in total. The Morgan fingerprint density at radius 1 is 1.43 bits per heavy atom. The predicted molar refractivity (Wildman–Crippen MR) is 54.7 cm³/mol. The minimum atomic E-state index is -0.153. The van der Waals surface area contributed by atoms with Gasteiger partial charge in [0.25, 0.3) is 0 Å². The zero-order valence-electron chi connectivity index (χ0n) is 8.23. The maximum absolute atomic E-state index is 10.8. The Morgan fingerprint density at radius 2 is 2.07 bits per heavy atom. The molecule has 0 bridgehead atoms. The zero-order valence-corrected chi connectivity index (χ0v) is 8.23. The quantitative estimate of drug-likeness (QED) is 0.727. The first-order chi connectivity index (χ1) is 6.74. The van der Waals surface area contributed by atoms with Gasteiger partial charge in [0.1, 0.15) is 5.78 Å². The van der Waals surface area contributed by atoms with Crippen LogP contribution in [0.5, 0.6) is 0 Å². The van der Waals surface area contributed by atoms with Crippen LogP contribution in [0.2, 0.25) is 0 Å². The van der Waals surface area contributed by atoms with E-state index in [0.29, 0.717) is 12.8 Å². The van der Waals surface area contributed by atoms with E-state index in [-0.39, 0.29) is 11.7 Å². The van der Waals surface area contributed by atoms with E-state index in [4.69, 9.17) is 5.26 Å². The number of rotatable bonds is 4. The van der Waals surface area contributed by atoms with Crippen LogP contribution in [0.1, 0.15) is 31.2 Å². The molecule has 1 aromatic carbocycles. The van der Waals surface area contributed by atoms with E-state index in [9.17, 15) is 4.79 Å². The summed E-state index contributed by atoms with van der Waals surface area (Å²) in [7, 11) is 0. The molecule has 0 fully saturated rings. The van der Waals surface area contributed by atoms with Crippen molar-refractivity contribution in [1.82, 2.24) is 0 Å². The van der Waals surface area contributed by atoms with Crippen molar-refractivity contribution in [2.45, 2.75) is 25.7 Å². The minimum absolute atomic E-state index is 0.140. The van der Waals surface area contributed by atoms with Gasteiger partial charge in [-0.2, -0.15) is 5.26 Å². The fourth-order valence-corrected chi connectivity index (χ4v) is 1.34. The molecule has 0 amide bonds. The maximum Gasteiger partial charge on any atom is 0.129 e. The molecule has 0 heterocycles. The van der Waals surface area contributed by atoms with Crippen LogP contribution >= 0.6 is 0 Å². The lowest BCUT2D eigenvalue weighted by atomic mass is 9.95. The topological polar surface area (TPSA) is 40.9 Å². The van der Waals surface area contributed by atoms with E-state index in [1.54, 1.807) is 6.92 Å². The summed E-state index contributed by atoms with van der Waals surface area (Å²) in [6, 6.07) is 11.8. The van der Waals surface area contributed by atoms with E-state index in [0.717, 1.165) is 5.56 Å². The highest BCUT2D eigenvalue weighted by Gasteiger charge is 2.10. The molecular formula is C12H13NO. The van der Waals surface area contributed by atoms with Crippen molar-refractivity contribution in [3.63, 3.8) is 0 Å². The molecular weight excluding hydrogens is 174 g/mol. The Labute approximate surface area is 84.2 Å². The molecule has 72 valence electrons. The van der Waals surface area contributed by atoms with Gasteiger partial charge in [-0.3, -0.25) is 0 Å². The van der Waals surface area contributed by atoms with E-state index in [1.807, 2.05) is 30.3 Å². The van der Waals surface area contributed by atoms with Crippen LogP contribution in [0.4, 0.5) is 0 Å². The first-order valence-corrected chi connectivity index (χ1v) is 4.68. The molecule has 0 aliphatic carbocycles. The van der Waals surface area contributed by atoms with Crippen molar-refractivity contribution < 1.29 is 4.79 Å². The highest BCUT2D eigenvalue weighted by Crippen LogP contribution is 2.19. The molecule has 0 aliphatic rings. The number of carbonyl (C=O) groups excluding carboxylic acids is 1. The Bertz CT molecular complexity index is 337. The third-order valence-corrected chi connectivity index (χ3v) is 2.14. The third-order valence-electron chi connectivity index (χ3n) is 2.14. The van der Waals surface area contributed by atoms with Crippen LogP contribution in [-0.2, 0) is 4.79 Å². The van der Waals surface area contributed by atoms with Gasteiger partial charge in [0.05, 0.1) is 12.0 Å². The van der Waals surface area contributed by atoms with Crippen molar-refractivity contribution in [2.75, 3.05) is 0 Å². The molecule has 0 N–H and O–H groups in total. The van der Waals surface area contributed by atoms with Gasteiger partial charge < -0.3 is 4.79 Å². The number of hydrogen-bond donors (Lipinski definition) is 0. The van der Waals surface area contributed by atoms with E-state index in [2.05, 4.69) is 6.07 Å². The first kappa shape index (κ1) is 10.5. The molecule has 0 aromatic heterocycles. The number of ketones is 1. The molecule has 0 saturated carbocycles. The van der Waals surface area contributed by atoms with Crippen LogP contribution in [0.25, 0.3) is 0 Å². The molecule has 0 aliphatic heterocycles. The standard InChI is InChI=1S/C12H13NO/c1-10(14)7-8-12(9-13)11-5-3-2-4-6-11/h2-6,12H,7-8H2,1H3. The first-order valence-electron chi connectivity index (χ1n) is 4.68. The Morgan fingerprint density at radius 3 is 2.57 bits per heavy atom. The lowest BCUT2D eigenvalue weighted by Gasteiger charge is -2.07. The second-order valence-electron chi connectivity index (χ2n) is 3.33. The number of nitriles is 1. The van der Waals surface area contributed by atoms with Crippen molar-refractivity contribution in [1.29, 1.82) is 5.26 Å². The van der Waals surface area contributed by atoms with Gasteiger partial charge in [-0.25, -0.2) is 0 Å². The van der Waals surface area contributed by atoms with E-state index in [1.165, 1.54) is 0 Å². The molecule has 1 unspecified atom stereocenters. The summed E-state index contributed by atoms with van der Waals surface area (Å²) in [5.74, 6) is -0.0127. The highest BCUT2D eigenvalue weighted by atomic mass is 16.1. The van der Waals surface area contributed by atoms with Crippen LogP contribution in [0.3, 0.4) is 0 Å². The van der Waals surface area contributed by atoms with Crippen LogP contribution < -0.4 is 0 Å². The molecule has 0 radical (unpaired) electrons. The Kier molecular flexibility index (Phi) is 3.87. The second kappa shape index (κ2) is 5.18. The maximum atomic E-state index is 10.8. The van der Waals surface area contributed by atoms with Gasteiger partial charge >= 0.3 is 0 Å². The monoisotopic (exact) mass is 187 g/mol. The number of nitrogens with zero attached hydrogens (tertiary/aromatic N) is 1. The van der Waals surface area contributed by atoms with Gasteiger partial charge in [0.15, 0.2) is 0 Å². The number of benzene rings is 1. The molecule has 0 spiro atoms. The largest absolute Gasteiger partial charge is 0.300 e. The molecule has 1 aromatic rings. The summed E-state index contributed by atoms with van der Waals surface area (Å²) in [6.45, 7) is 1.55. The number of carbonyl (C=O) groups is 1. The summed E-state index contributed by atoms with van der Waals surface area (Å²) in [4.78, 5) is 10.8. The average Bonchev–Trinajstić information content (AvgIpc) is 2.20. The highest BCUT2D eigenvalue weighted by molar-refractivity contribution is 5.75. The molecule has 0 saturated heterocycles.